The average Bonchev–Trinajstić information content (AvgIpc) is 3.16. The van der Waals surface area contributed by atoms with Gasteiger partial charge in [0.05, 0.1) is 27.2 Å². The molecule has 4 rings (SSSR count). The average molecular weight is 497 g/mol. The molecule has 0 saturated heterocycles. The Balaban J connectivity index is 1.67. The fourth-order valence-corrected chi connectivity index (χ4v) is 5.34. The van der Waals surface area contributed by atoms with Crippen LogP contribution >= 0.6 is 0 Å². The number of nitrogens with one attached hydrogen (secondary N) is 2. The zero-order valence-electron chi connectivity index (χ0n) is 19.7. The number of carbonyl (C=O) groups is 1. The van der Waals surface area contributed by atoms with Gasteiger partial charge in [-0.1, -0.05) is 23.4 Å². The molecule has 0 radical (unpaired) electrons. The number of carbonyl (C=O) groups excluding carboxylic acids is 1. The highest BCUT2D eigenvalue weighted by Crippen LogP contribution is 2.27. The van der Waals surface area contributed by atoms with Crippen LogP contribution < -0.4 is 10.0 Å². The van der Waals surface area contributed by atoms with E-state index in [0.29, 0.717) is 27.9 Å². The number of benzene rings is 2. The third-order valence-electron chi connectivity index (χ3n) is 5.14. The molecule has 0 saturated carbocycles. The second-order valence-corrected chi connectivity index (χ2v) is 10.8. The monoisotopic (exact) mass is 496 g/mol. The molecule has 2 heterocycles. The number of pyridine rings is 1. The van der Waals surface area contributed by atoms with Gasteiger partial charge >= 0.3 is 0 Å². The molecule has 4 aromatic rings. The summed E-state index contributed by atoms with van der Waals surface area (Å²) in [6.45, 7) is 6.93. The number of rotatable bonds is 6. The molecule has 0 atom stereocenters. The molecule has 0 spiro atoms. The van der Waals surface area contributed by atoms with E-state index in [2.05, 4.69) is 20.2 Å². The summed E-state index contributed by atoms with van der Waals surface area (Å²) in [6, 6.07) is 13.8. The molecule has 0 aliphatic heterocycles. The summed E-state index contributed by atoms with van der Waals surface area (Å²) in [7, 11) is -3.81. The fourth-order valence-electron chi connectivity index (χ4n) is 3.68. The van der Waals surface area contributed by atoms with Gasteiger partial charge < -0.3 is 9.84 Å². The maximum atomic E-state index is 13.4. The standard InChI is InChI=1S/C25H25FN4O4S/c1-15-22-19(13-20(28-24(22)34-29-15)16-9-11-18(26)12-10-16)23(31)27-14-17-7-5-6-8-21(17)35(32,33)30-25(2,3)4/h5-13,30H,14H2,1-4H3,(H,27,31). The molecule has 10 heteroatoms. The number of aromatic nitrogens is 2. The van der Waals surface area contributed by atoms with Crippen molar-refractivity contribution < 1.29 is 22.1 Å². The van der Waals surface area contributed by atoms with Gasteiger partial charge in [0.2, 0.25) is 10.0 Å². The van der Waals surface area contributed by atoms with E-state index in [-0.39, 0.29) is 22.7 Å². The number of fused-ring (bicyclic) bond motifs is 1. The van der Waals surface area contributed by atoms with E-state index in [0.717, 1.165) is 0 Å². The van der Waals surface area contributed by atoms with Crippen molar-refractivity contribution in [1.82, 2.24) is 20.2 Å². The number of aryl methyl sites for hydroxylation is 1. The lowest BCUT2D eigenvalue weighted by atomic mass is 10.0. The first-order valence-electron chi connectivity index (χ1n) is 10.9. The first-order valence-corrected chi connectivity index (χ1v) is 12.4. The normalized spacial score (nSPS) is 12.1. The predicted molar refractivity (Wildman–Crippen MR) is 130 cm³/mol. The van der Waals surface area contributed by atoms with Crippen LogP contribution in [0.5, 0.6) is 0 Å². The van der Waals surface area contributed by atoms with E-state index < -0.39 is 27.3 Å². The van der Waals surface area contributed by atoms with Gasteiger partial charge in [-0.05, 0) is 69.7 Å². The van der Waals surface area contributed by atoms with Crippen LogP contribution in [0.25, 0.3) is 22.4 Å². The van der Waals surface area contributed by atoms with Crippen molar-refractivity contribution in [3.8, 4) is 11.3 Å². The van der Waals surface area contributed by atoms with Crippen LogP contribution in [-0.2, 0) is 16.6 Å². The Labute approximate surface area is 202 Å². The molecule has 0 bridgehead atoms. The Morgan fingerprint density at radius 1 is 1.09 bits per heavy atom. The summed E-state index contributed by atoms with van der Waals surface area (Å²) < 4.78 is 47.1. The van der Waals surface area contributed by atoms with Gasteiger partial charge in [-0.3, -0.25) is 4.79 Å². The largest absolute Gasteiger partial charge is 0.348 e. The number of amides is 1. The number of hydrogen-bond donors (Lipinski definition) is 2. The van der Waals surface area contributed by atoms with Crippen molar-refractivity contribution in [2.45, 2.75) is 44.7 Å². The van der Waals surface area contributed by atoms with Crippen LogP contribution in [0.3, 0.4) is 0 Å². The molecule has 0 aliphatic carbocycles. The van der Waals surface area contributed by atoms with E-state index in [4.69, 9.17) is 4.52 Å². The van der Waals surface area contributed by atoms with Crippen molar-refractivity contribution >= 4 is 27.0 Å². The van der Waals surface area contributed by atoms with Gasteiger partial charge in [0, 0.05) is 17.6 Å². The minimum Gasteiger partial charge on any atom is -0.348 e. The van der Waals surface area contributed by atoms with Crippen molar-refractivity contribution in [1.29, 1.82) is 0 Å². The van der Waals surface area contributed by atoms with Crippen LogP contribution in [0.1, 0.15) is 42.4 Å². The van der Waals surface area contributed by atoms with Gasteiger partial charge in [-0.15, -0.1) is 0 Å². The summed E-state index contributed by atoms with van der Waals surface area (Å²) in [5.41, 5.74) is 1.70. The Kier molecular flexibility index (Phi) is 6.44. The molecule has 2 aromatic heterocycles. The minimum absolute atomic E-state index is 0.0277. The zero-order valence-corrected chi connectivity index (χ0v) is 20.5. The minimum atomic E-state index is -3.81. The van der Waals surface area contributed by atoms with Crippen LogP contribution in [0, 0.1) is 12.7 Å². The second kappa shape index (κ2) is 9.20. The Hall–Kier alpha value is -3.63. The molecular weight excluding hydrogens is 471 g/mol. The Morgan fingerprint density at radius 3 is 2.46 bits per heavy atom. The number of nitrogens with zero attached hydrogens (tertiary/aromatic N) is 2. The first kappa shape index (κ1) is 24.5. The third-order valence-corrected chi connectivity index (χ3v) is 7.00. The maximum Gasteiger partial charge on any atom is 0.259 e. The Morgan fingerprint density at radius 2 is 1.77 bits per heavy atom. The summed E-state index contributed by atoms with van der Waals surface area (Å²) >= 11 is 0. The van der Waals surface area contributed by atoms with Crippen LogP contribution in [0.2, 0.25) is 0 Å². The molecule has 35 heavy (non-hydrogen) atoms. The van der Waals surface area contributed by atoms with Gasteiger partial charge in [0.15, 0.2) is 0 Å². The van der Waals surface area contributed by atoms with E-state index in [1.165, 1.54) is 18.2 Å². The van der Waals surface area contributed by atoms with Gasteiger partial charge in [0.25, 0.3) is 11.6 Å². The third kappa shape index (κ3) is 5.39. The topological polar surface area (TPSA) is 114 Å². The van der Waals surface area contributed by atoms with Crippen molar-refractivity contribution in [3.05, 3.63) is 77.2 Å². The van der Waals surface area contributed by atoms with Gasteiger partial charge in [-0.2, -0.15) is 0 Å². The molecule has 2 aromatic carbocycles. The lowest BCUT2D eigenvalue weighted by Crippen LogP contribution is -2.41. The lowest BCUT2D eigenvalue weighted by Gasteiger charge is -2.21. The fraction of sp³-hybridized carbons (Fsp3) is 0.240. The molecule has 1 amide bonds. The molecule has 8 nitrogen and oxygen atoms in total. The van der Waals surface area contributed by atoms with Crippen molar-refractivity contribution in [2.24, 2.45) is 0 Å². The summed E-state index contributed by atoms with van der Waals surface area (Å²) in [5, 5.41) is 7.17. The van der Waals surface area contributed by atoms with E-state index in [9.17, 15) is 17.6 Å². The highest BCUT2D eigenvalue weighted by Gasteiger charge is 2.25. The molecule has 0 aliphatic rings. The Bertz CT molecular complexity index is 1510. The second-order valence-electron chi connectivity index (χ2n) is 9.16. The highest BCUT2D eigenvalue weighted by molar-refractivity contribution is 7.89. The van der Waals surface area contributed by atoms with Crippen LogP contribution in [-0.4, -0.2) is 30.0 Å². The summed E-state index contributed by atoms with van der Waals surface area (Å²) in [5.74, 6) is -0.846. The highest BCUT2D eigenvalue weighted by atomic mass is 32.2. The zero-order chi connectivity index (χ0) is 25.4. The molecule has 0 unspecified atom stereocenters. The first-order chi connectivity index (χ1) is 16.4. The molecule has 182 valence electrons. The molecule has 0 fully saturated rings. The van der Waals surface area contributed by atoms with Gasteiger partial charge in [0.1, 0.15) is 5.82 Å². The van der Waals surface area contributed by atoms with E-state index >= 15 is 0 Å². The van der Waals surface area contributed by atoms with E-state index in [1.807, 2.05) is 0 Å². The summed E-state index contributed by atoms with van der Waals surface area (Å²) in [6.07, 6.45) is 0. The maximum absolute atomic E-state index is 13.4. The van der Waals surface area contributed by atoms with Crippen molar-refractivity contribution in [2.75, 3.05) is 0 Å². The van der Waals surface area contributed by atoms with Crippen molar-refractivity contribution in [3.63, 3.8) is 0 Å². The quantitative estimate of drug-likeness (QED) is 0.410. The SMILES string of the molecule is Cc1noc2nc(-c3ccc(F)cc3)cc(C(=O)NCc3ccccc3S(=O)(=O)NC(C)(C)C)c12. The number of halogens is 1. The number of sulfonamides is 1. The molecular formula is C25H25FN4O4S. The van der Waals surface area contributed by atoms with Gasteiger partial charge in [-0.25, -0.2) is 22.5 Å². The number of hydrogen-bond acceptors (Lipinski definition) is 6. The van der Waals surface area contributed by atoms with Crippen LogP contribution in [0.15, 0.2) is 64.0 Å². The predicted octanol–water partition coefficient (Wildman–Crippen LogP) is 4.34. The lowest BCUT2D eigenvalue weighted by molar-refractivity contribution is 0.0952. The molecule has 2 N–H and O–H groups in total. The summed E-state index contributed by atoms with van der Waals surface area (Å²) in [4.78, 5) is 17.8. The van der Waals surface area contributed by atoms with Crippen LogP contribution in [0.4, 0.5) is 4.39 Å². The van der Waals surface area contributed by atoms with E-state index in [1.54, 1.807) is 64.1 Å². The smallest absolute Gasteiger partial charge is 0.259 e.